The van der Waals surface area contributed by atoms with Gasteiger partial charge in [-0.25, -0.2) is 4.79 Å². The van der Waals surface area contributed by atoms with Crippen LogP contribution in [0.25, 0.3) is 0 Å². The number of nitrogens with zero attached hydrogens (tertiary/aromatic N) is 2. The summed E-state index contributed by atoms with van der Waals surface area (Å²) in [4.78, 5) is 27.2. The van der Waals surface area contributed by atoms with E-state index in [0.29, 0.717) is 28.8 Å². The minimum absolute atomic E-state index is 0.0527. The van der Waals surface area contributed by atoms with Crippen LogP contribution in [0.1, 0.15) is 48.3 Å². The van der Waals surface area contributed by atoms with E-state index in [4.69, 9.17) is 9.47 Å². The van der Waals surface area contributed by atoms with E-state index in [0.717, 1.165) is 22.6 Å². The molecule has 0 fully saturated rings. The molecule has 2 heterocycles. The summed E-state index contributed by atoms with van der Waals surface area (Å²) >= 11 is 0. The first-order valence-corrected chi connectivity index (χ1v) is 12.2. The van der Waals surface area contributed by atoms with Crippen LogP contribution in [0, 0.1) is 0 Å². The number of ether oxygens (including phenoxy) is 2. The number of ketones is 1. The second-order valence-corrected chi connectivity index (χ2v) is 9.45. The van der Waals surface area contributed by atoms with Crippen molar-refractivity contribution in [3.63, 3.8) is 0 Å². The summed E-state index contributed by atoms with van der Waals surface area (Å²) in [7, 11) is 3.42. The minimum atomic E-state index is -0.657. The Hall–Kier alpha value is -4.33. The van der Waals surface area contributed by atoms with Crippen LogP contribution in [0.5, 0.6) is 11.5 Å². The third-order valence-electron chi connectivity index (χ3n) is 6.96. The quantitative estimate of drug-likeness (QED) is 0.489. The number of phenols is 1. The van der Waals surface area contributed by atoms with Gasteiger partial charge in [0.1, 0.15) is 18.1 Å². The normalized spacial score (nSPS) is 19.4. The number of hydrogen-bond donors (Lipinski definition) is 2. The Morgan fingerprint density at radius 3 is 2.73 bits per heavy atom. The lowest BCUT2D eigenvalue weighted by atomic mass is 9.71. The summed E-state index contributed by atoms with van der Waals surface area (Å²) in [5.41, 5.74) is 4.70. The van der Waals surface area contributed by atoms with Crippen molar-refractivity contribution in [1.82, 2.24) is 15.1 Å². The van der Waals surface area contributed by atoms with E-state index < -0.39 is 11.9 Å². The van der Waals surface area contributed by atoms with Gasteiger partial charge in [0.05, 0.1) is 18.9 Å². The summed E-state index contributed by atoms with van der Waals surface area (Å²) < 4.78 is 12.9. The van der Waals surface area contributed by atoms with Gasteiger partial charge < -0.3 is 19.9 Å². The fourth-order valence-corrected chi connectivity index (χ4v) is 5.34. The first-order valence-electron chi connectivity index (χ1n) is 12.2. The molecule has 37 heavy (non-hydrogen) atoms. The Labute approximate surface area is 215 Å². The molecule has 2 aliphatic rings. The number of allylic oxidation sites excluding steroid dienone is 3. The molecule has 0 spiro atoms. The number of aromatic hydroxyl groups is 1. The molecule has 2 atom stereocenters. The second-order valence-electron chi connectivity index (χ2n) is 9.45. The van der Waals surface area contributed by atoms with E-state index in [-0.39, 0.29) is 30.5 Å². The van der Waals surface area contributed by atoms with Gasteiger partial charge in [0.2, 0.25) is 0 Å². The molecule has 0 radical (unpaired) electrons. The number of nitrogens with one attached hydrogen (secondary N) is 1. The fourth-order valence-electron chi connectivity index (χ4n) is 5.34. The van der Waals surface area contributed by atoms with Crippen molar-refractivity contribution < 1.29 is 24.2 Å². The van der Waals surface area contributed by atoms with Crippen molar-refractivity contribution in [2.24, 2.45) is 7.05 Å². The standard InChI is InChI=1S/C29H29N3O5/c1-17-26(29(35)37-16-18-14-30-32(2)15-18)27(19-7-6-8-21(33)11-19)28-23(31-17)12-20(13-24(28)34)22-9-4-5-10-25(22)36-3/h4-11,14-15,20,27,31,33H,12-13,16H2,1-3H3/t20-,27-/m1/s1. The number of para-hydroxylation sites is 1. The molecule has 1 aliphatic heterocycles. The van der Waals surface area contributed by atoms with Crippen molar-refractivity contribution in [3.8, 4) is 11.5 Å². The van der Waals surface area contributed by atoms with E-state index in [1.807, 2.05) is 37.3 Å². The molecule has 0 amide bonds. The molecular weight excluding hydrogens is 470 g/mol. The molecule has 2 N–H and O–H groups in total. The van der Waals surface area contributed by atoms with Crippen LogP contribution in [-0.2, 0) is 28.0 Å². The van der Waals surface area contributed by atoms with Gasteiger partial charge in [-0.05, 0) is 42.7 Å². The number of aryl methyl sites for hydroxylation is 1. The highest BCUT2D eigenvalue weighted by molar-refractivity contribution is 6.04. The van der Waals surface area contributed by atoms with Gasteiger partial charge in [-0.15, -0.1) is 0 Å². The molecule has 190 valence electrons. The van der Waals surface area contributed by atoms with E-state index in [1.165, 1.54) is 0 Å². The number of dihydropyridines is 1. The molecule has 0 saturated heterocycles. The zero-order valence-electron chi connectivity index (χ0n) is 21.0. The number of phenolic OH excluding ortho intramolecular Hbond substituents is 1. The fraction of sp³-hybridized carbons (Fsp3) is 0.276. The SMILES string of the molecule is COc1ccccc1[C@H]1CC(=O)C2=C(C1)NC(C)=C(C(=O)OCc1cnn(C)c1)[C@H]2c1cccc(O)c1. The molecule has 2 aromatic carbocycles. The summed E-state index contributed by atoms with van der Waals surface area (Å²) in [5, 5.41) is 17.7. The number of carbonyl (C=O) groups is 2. The van der Waals surface area contributed by atoms with Crippen LogP contribution in [-0.4, -0.2) is 33.7 Å². The van der Waals surface area contributed by atoms with Gasteiger partial charge in [0, 0.05) is 54.0 Å². The number of esters is 1. The lowest BCUT2D eigenvalue weighted by Gasteiger charge is -2.37. The molecule has 0 saturated carbocycles. The van der Waals surface area contributed by atoms with Gasteiger partial charge in [-0.1, -0.05) is 30.3 Å². The predicted octanol–water partition coefficient (Wildman–Crippen LogP) is 4.24. The zero-order valence-corrected chi connectivity index (χ0v) is 21.0. The Balaban J connectivity index is 1.52. The van der Waals surface area contributed by atoms with Crippen LogP contribution in [0.2, 0.25) is 0 Å². The third kappa shape index (κ3) is 4.74. The number of hydrogen-bond acceptors (Lipinski definition) is 7. The van der Waals surface area contributed by atoms with Crippen LogP contribution in [0.4, 0.5) is 0 Å². The number of Topliss-reactive ketones (excluding diaryl/α,β-unsaturated/α-hetero) is 1. The second kappa shape index (κ2) is 9.97. The van der Waals surface area contributed by atoms with Crippen LogP contribution >= 0.6 is 0 Å². The first-order chi connectivity index (χ1) is 17.9. The lowest BCUT2D eigenvalue weighted by Crippen LogP contribution is -2.36. The molecular formula is C29H29N3O5. The van der Waals surface area contributed by atoms with Crippen LogP contribution in [0.3, 0.4) is 0 Å². The van der Waals surface area contributed by atoms with Gasteiger partial charge >= 0.3 is 5.97 Å². The summed E-state index contributed by atoms with van der Waals surface area (Å²) in [6, 6.07) is 14.4. The van der Waals surface area contributed by atoms with Gasteiger partial charge in [0.15, 0.2) is 5.78 Å². The number of methoxy groups -OCH3 is 1. The van der Waals surface area contributed by atoms with Crippen molar-refractivity contribution in [2.75, 3.05) is 7.11 Å². The van der Waals surface area contributed by atoms with Gasteiger partial charge in [0.25, 0.3) is 0 Å². The molecule has 0 unspecified atom stereocenters. The summed E-state index contributed by atoms with van der Waals surface area (Å²) in [5.74, 6) is -0.482. The Kier molecular flexibility index (Phi) is 6.56. The van der Waals surface area contributed by atoms with Gasteiger partial charge in [-0.3, -0.25) is 9.48 Å². The Morgan fingerprint density at radius 2 is 2.00 bits per heavy atom. The molecule has 3 aromatic rings. The molecule has 8 heteroatoms. The predicted molar refractivity (Wildman–Crippen MR) is 137 cm³/mol. The Morgan fingerprint density at radius 1 is 1.19 bits per heavy atom. The molecule has 8 nitrogen and oxygen atoms in total. The monoisotopic (exact) mass is 499 g/mol. The molecule has 1 aromatic heterocycles. The highest BCUT2D eigenvalue weighted by Gasteiger charge is 2.42. The maximum atomic E-state index is 13.8. The zero-order chi connectivity index (χ0) is 26.1. The van der Waals surface area contributed by atoms with E-state index in [1.54, 1.807) is 49.4 Å². The average molecular weight is 500 g/mol. The first kappa shape index (κ1) is 24.4. The van der Waals surface area contributed by atoms with Crippen molar-refractivity contribution in [2.45, 2.75) is 38.2 Å². The average Bonchev–Trinajstić information content (AvgIpc) is 3.31. The van der Waals surface area contributed by atoms with Crippen LogP contribution < -0.4 is 10.1 Å². The molecule has 0 bridgehead atoms. The number of rotatable bonds is 6. The van der Waals surface area contributed by atoms with E-state index in [2.05, 4.69) is 10.4 Å². The molecule has 1 aliphatic carbocycles. The minimum Gasteiger partial charge on any atom is -0.508 e. The topological polar surface area (TPSA) is 103 Å². The smallest absolute Gasteiger partial charge is 0.337 e. The summed E-state index contributed by atoms with van der Waals surface area (Å²) in [6.45, 7) is 1.88. The summed E-state index contributed by atoms with van der Waals surface area (Å²) in [6.07, 6.45) is 4.30. The number of benzene rings is 2. The largest absolute Gasteiger partial charge is 0.508 e. The van der Waals surface area contributed by atoms with E-state index in [9.17, 15) is 14.7 Å². The van der Waals surface area contributed by atoms with Crippen molar-refractivity contribution in [1.29, 1.82) is 0 Å². The van der Waals surface area contributed by atoms with Crippen molar-refractivity contribution >= 4 is 11.8 Å². The maximum absolute atomic E-state index is 13.8. The maximum Gasteiger partial charge on any atom is 0.337 e. The van der Waals surface area contributed by atoms with Crippen molar-refractivity contribution in [3.05, 3.63) is 100 Å². The number of aromatic nitrogens is 2. The Bertz CT molecular complexity index is 1430. The lowest BCUT2D eigenvalue weighted by molar-refractivity contribution is -0.140. The van der Waals surface area contributed by atoms with E-state index >= 15 is 0 Å². The van der Waals surface area contributed by atoms with Gasteiger partial charge in [-0.2, -0.15) is 5.10 Å². The highest BCUT2D eigenvalue weighted by Crippen LogP contribution is 2.47. The highest BCUT2D eigenvalue weighted by atomic mass is 16.5. The molecule has 5 rings (SSSR count). The third-order valence-corrected chi connectivity index (χ3v) is 6.96. The number of carbonyl (C=O) groups excluding carboxylic acids is 2. The van der Waals surface area contributed by atoms with Crippen LogP contribution in [0.15, 0.2) is 83.5 Å².